The minimum atomic E-state index is -0.760. The highest BCUT2D eigenvalue weighted by Gasteiger charge is 2.48. The first-order chi connectivity index (χ1) is 8.43. The molecule has 0 aromatic rings. The first-order valence-electron chi connectivity index (χ1n) is 6.60. The van der Waals surface area contributed by atoms with Gasteiger partial charge in [0.05, 0.1) is 10.2 Å². The molecule has 2 unspecified atom stereocenters. The van der Waals surface area contributed by atoms with Crippen LogP contribution < -0.4 is 0 Å². The maximum atomic E-state index is 12.5. The van der Waals surface area contributed by atoms with Crippen molar-refractivity contribution >= 4 is 23.6 Å². The van der Waals surface area contributed by atoms with Crippen LogP contribution in [0.3, 0.4) is 0 Å². The van der Waals surface area contributed by atoms with Crippen molar-refractivity contribution in [3.05, 3.63) is 0 Å². The van der Waals surface area contributed by atoms with Crippen LogP contribution in [0.25, 0.3) is 0 Å². The van der Waals surface area contributed by atoms with E-state index < -0.39 is 11.4 Å². The number of likely N-dealkylation sites (tertiary alicyclic amines) is 1. The van der Waals surface area contributed by atoms with E-state index in [-0.39, 0.29) is 10.7 Å². The van der Waals surface area contributed by atoms with E-state index in [9.17, 15) is 14.7 Å². The van der Waals surface area contributed by atoms with Gasteiger partial charge in [0.1, 0.15) is 0 Å². The maximum absolute atomic E-state index is 12.5. The highest BCUT2D eigenvalue weighted by molar-refractivity contribution is 8.01. The fraction of sp³-hybridized carbons (Fsp3) is 0.846. The highest BCUT2D eigenvalue weighted by atomic mass is 32.2. The fourth-order valence-corrected chi connectivity index (χ4v) is 4.22. The Labute approximate surface area is 112 Å². The Kier molecular flexibility index (Phi) is 3.63. The van der Waals surface area contributed by atoms with E-state index in [0.29, 0.717) is 25.9 Å². The first kappa shape index (κ1) is 13.7. The lowest BCUT2D eigenvalue weighted by Gasteiger charge is -2.29. The zero-order valence-electron chi connectivity index (χ0n) is 11.1. The Morgan fingerprint density at radius 1 is 1.39 bits per heavy atom. The van der Waals surface area contributed by atoms with Crippen LogP contribution in [0.15, 0.2) is 0 Å². The molecule has 2 aliphatic rings. The van der Waals surface area contributed by atoms with Crippen molar-refractivity contribution < 1.29 is 14.7 Å². The third kappa shape index (κ3) is 2.13. The molecule has 102 valence electrons. The monoisotopic (exact) mass is 271 g/mol. The van der Waals surface area contributed by atoms with Crippen LogP contribution in [-0.4, -0.2) is 45.5 Å². The number of nitrogens with zero attached hydrogens (tertiary/aromatic N) is 1. The Morgan fingerprint density at radius 3 is 2.56 bits per heavy atom. The Hall–Kier alpha value is -0.710. The van der Waals surface area contributed by atoms with Crippen molar-refractivity contribution in [2.75, 3.05) is 18.8 Å². The molecule has 0 bridgehead atoms. The van der Waals surface area contributed by atoms with Gasteiger partial charge in [-0.2, -0.15) is 0 Å². The predicted octanol–water partition coefficient (Wildman–Crippen LogP) is 1.99. The summed E-state index contributed by atoms with van der Waals surface area (Å²) in [5, 5.41) is 9.35. The second-order valence-corrected chi connectivity index (χ2v) is 7.20. The molecule has 0 aromatic carbocycles. The van der Waals surface area contributed by atoms with Gasteiger partial charge in [0, 0.05) is 13.1 Å². The van der Waals surface area contributed by atoms with Crippen LogP contribution in [0, 0.1) is 5.41 Å². The van der Waals surface area contributed by atoms with Gasteiger partial charge in [0.25, 0.3) is 0 Å². The van der Waals surface area contributed by atoms with Gasteiger partial charge >= 0.3 is 5.97 Å². The van der Waals surface area contributed by atoms with E-state index in [1.165, 1.54) is 0 Å². The quantitative estimate of drug-likeness (QED) is 0.853. The number of carboxylic acids is 1. The number of rotatable bonds is 3. The molecule has 0 saturated carbocycles. The van der Waals surface area contributed by atoms with E-state index in [0.717, 1.165) is 18.6 Å². The molecule has 2 heterocycles. The number of amides is 1. The molecule has 0 aromatic heterocycles. The summed E-state index contributed by atoms with van der Waals surface area (Å²) in [6.07, 6.45) is 3.18. The molecule has 0 aliphatic carbocycles. The van der Waals surface area contributed by atoms with Crippen LogP contribution in [0.2, 0.25) is 0 Å². The lowest BCUT2D eigenvalue weighted by molar-refractivity contribution is -0.148. The Bertz CT molecular complexity index is 365. The molecule has 2 atom stereocenters. The largest absolute Gasteiger partial charge is 0.481 e. The first-order valence-corrected chi connectivity index (χ1v) is 7.59. The summed E-state index contributed by atoms with van der Waals surface area (Å²) in [5.41, 5.74) is -0.713. The minimum Gasteiger partial charge on any atom is -0.481 e. The topological polar surface area (TPSA) is 57.6 Å². The summed E-state index contributed by atoms with van der Waals surface area (Å²) in [5.74, 6) is 0.416. The van der Waals surface area contributed by atoms with Gasteiger partial charge < -0.3 is 10.0 Å². The zero-order valence-corrected chi connectivity index (χ0v) is 11.9. The van der Waals surface area contributed by atoms with Gasteiger partial charge in [-0.1, -0.05) is 6.92 Å². The normalized spacial score (nSPS) is 36.0. The number of carboxylic acid groups (broad SMARTS) is 1. The maximum Gasteiger partial charge on any atom is 0.311 e. The fourth-order valence-electron chi connectivity index (χ4n) is 2.94. The van der Waals surface area contributed by atoms with Gasteiger partial charge in [-0.25, -0.2) is 0 Å². The Balaban J connectivity index is 2.09. The second-order valence-electron chi connectivity index (χ2n) is 5.60. The van der Waals surface area contributed by atoms with E-state index >= 15 is 0 Å². The van der Waals surface area contributed by atoms with Gasteiger partial charge in [-0.15, -0.1) is 11.8 Å². The van der Waals surface area contributed by atoms with Crippen LogP contribution in [0.1, 0.15) is 39.5 Å². The van der Waals surface area contributed by atoms with Gasteiger partial charge in [0.2, 0.25) is 5.91 Å². The van der Waals surface area contributed by atoms with Crippen molar-refractivity contribution in [3.8, 4) is 0 Å². The lowest BCUT2D eigenvalue weighted by atomic mass is 9.84. The van der Waals surface area contributed by atoms with Crippen LogP contribution in [-0.2, 0) is 9.59 Å². The lowest BCUT2D eigenvalue weighted by Crippen LogP contribution is -2.44. The van der Waals surface area contributed by atoms with E-state index in [1.54, 1.807) is 16.7 Å². The molecule has 2 aliphatic heterocycles. The molecule has 1 amide bonds. The number of hydrogen-bond acceptors (Lipinski definition) is 3. The molecule has 4 nitrogen and oxygen atoms in total. The molecule has 18 heavy (non-hydrogen) atoms. The molecule has 0 spiro atoms. The second kappa shape index (κ2) is 4.76. The highest BCUT2D eigenvalue weighted by Crippen LogP contribution is 2.42. The smallest absolute Gasteiger partial charge is 0.311 e. The minimum absolute atomic E-state index is 0.140. The predicted molar refractivity (Wildman–Crippen MR) is 71.7 cm³/mol. The molecular formula is C13H21NO3S. The number of hydrogen-bond donors (Lipinski definition) is 1. The summed E-state index contributed by atoms with van der Waals surface area (Å²) in [6, 6.07) is 0. The summed E-state index contributed by atoms with van der Waals surface area (Å²) in [4.78, 5) is 25.7. The van der Waals surface area contributed by atoms with Crippen LogP contribution >= 0.6 is 11.8 Å². The van der Waals surface area contributed by atoms with E-state index in [1.807, 2.05) is 13.8 Å². The molecule has 2 fully saturated rings. The molecular weight excluding hydrogens is 250 g/mol. The molecule has 1 N–H and O–H groups in total. The Morgan fingerprint density at radius 2 is 2.11 bits per heavy atom. The summed E-state index contributed by atoms with van der Waals surface area (Å²) < 4.78 is -0.317. The molecule has 2 saturated heterocycles. The standard InChI is InChI=1S/C13H21NO3S/c1-3-13(11(16)17)6-7-14(9-13)10(15)12(2)5-4-8-18-12/h3-9H2,1-2H3,(H,16,17). The average Bonchev–Trinajstić information content (AvgIpc) is 2.96. The van der Waals surface area contributed by atoms with E-state index in [2.05, 4.69) is 0 Å². The van der Waals surface area contributed by atoms with Crippen molar-refractivity contribution in [1.29, 1.82) is 0 Å². The van der Waals surface area contributed by atoms with Crippen molar-refractivity contribution in [2.24, 2.45) is 5.41 Å². The van der Waals surface area contributed by atoms with Gasteiger partial charge in [0.15, 0.2) is 0 Å². The molecule has 0 radical (unpaired) electrons. The van der Waals surface area contributed by atoms with Gasteiger partial charge in [-0.3, -0.25) is 9.59 Å². The third-order valence-corrected chi connectivity index (χ3v) is 5.95. The number of aliphatic carboxylic acids is 1. The summed E-state index contributed by atoms with van der Waals surface area (Å²) in [6.45, 7) is 4.87. The number of carbonyl (C=O) groups is 2. The SMILES string of the molecule is CCC1(C(=O)O)CCN(C(=O)C2(C)CCCS2)C1. The third-order valence-electron chi connectivity index (χ3n) is 4.44. The number of carbonyl (C=O) groups excluding carboxylic acids is 1. The van der Waals surface area contributed by atoms with E-state index in [4.69, 9.17) is 0 Å². The number of thioether (sulfide) groups is 1. The van der Waals surface area contributed by atoms with Crippen LogP contribution in [0.4, 0.5) is 0 Å². The zero-order chi connectivity index (χ0) is 13.4. The summed E-state index contributed by atoms with van der Waals surface area (Å²) >= 11 is 1.72. The van der Waals surface area contributed by atoms with Gasteiger partial charge in [-0.05, 0) is 38.4 Å². The molecule has 2 rings (SSSR count). The average molecular weight is 271 g/mol. The van der Waals surface area contributed by atoms with Crippen molar-refractivity contribution in [3.63, 3.8) is 0 Å². The molecule has 5 heteroatoms. The summed E-state index contributed by atoms with van der Waals surface area (Å²) in [7, 11) is 0. The van der Waals surface area contributed by atoms with Crippen molar-refractivity contribution in [2.45, 2.75) is 44.3 Å². The van der Waals surface area contributed by atoms with Crippen LogP contribution in [0.5, 0.6) is 0 Å². The van der Waals surface area contributed by atoms with Crippen molar-refractivity contribution in [1.82, 2.24) is 4.90 Å².